The maximum absolute atomic E-state index is 13.8. The van der Waals surface area contributed by atoms with Gasteiger partial charge in [-0.1, -0.05) is 18.2 Å². The molecule has 0 spiro atoms. The summed E-state index contributed by atoms with van der Waals surface area (Å²) in [4.78, 5) is 0. The number of nitrogens with one attached hydrogen (secondary N) is 2. The van der Waals surface area contributed by atoms with E-state index >= 15 is 0 Å². The van der Waals surface area contributed by atoms with Gasteiger partial charge < -0.3 is 9.84 Å². The lowest BCUT2D eigenvalue weighted by Gasteiger charge is -2.09. The Balaban J connectivity index is 1.75. The molecule has 3 nitrogen and oxygen atoms in total. The predicted molar refractivity (Wildman–Crippen MR) is 73.1 cm³/mol. The molecule has 3 aromatic rings. The second kappa shape index (κ2) is 5.12. The van der Waals surface area contributed by atoms with E-state index in [1.165, 1.54) is 6.07 Å². The summed E-state index contributed by atoms with van der Waals surface area (Å²) in [6.45, 7) is 0.373. The number of benzene rings is 2. The summed E-state index contributed by atoms with van der Waals surface area (Å²) in [6, 6.07) is 14.5. The van der Waals surface area contributed by atoms with Crippen LogP contribution in [0.5, 0.6) is 0 Å². The van der Waals surface area contributed by atoms with Crippen LogP contribution in [0.1, 0.15) is 5.56 Å². The Morgan fingerprint density at radius 1 is 1.00 bits per heavy atom. The highest BCUT2D eigenvalue weighted by Gasteiger charge is 2.09. The number of halogens is 1. The molecule has 0 aliphatic rings. The molecule has 0 atom stereocenters. The van der Waals surface area contributed by atoms with Crippen LogP contribution in [-0.2, 0) is 6.54 Å². The highest BCUT2D eigenvalue weighted by atomic mass is 19.1. The third kappa shape index (κ3) is 2.44. The van der Waals surface area contributed by atoms with Crippen molar-refractivity contribution in [2.24, 2.45) is 0 Å². The summed E-state index contributed by atoms with van der Waals surface area (Å²) in [6.07, 6.45) is 1.57. The quantitative estimate of drug-likeness (QED) is 0.699. The summed E-state index contributed by atoms with van der Waals surface area (Å²) in [7, 11) is 0. The number of fused-ring (bicyclic) bond motifs is 1. The molecule has 96 valence electrons. The van der Waals surface area contributed by atoms with E-state index in [1.807, 2.05) is 30.3 Å². The lowest BCUT2D eigenvalue weighted by Crippen LogP contribution is -2.21. The monoisotopic (exact) mass is 256 g/mol. The molecule has 0 unspecified atom stereocenters. The van der Waals surface area contributed by atoms with Gasteiger partial charge >= 0.3 is 0 Å². The van der Waals surface area contributed by atoms with Crippen molar-refractivity contribution in [3.05, 3.63) is 66.2 Å². The van der Waals surface area contributed by atoms with Gasteiger partial charge in [0.05, 0.1) is 6.26 Å². The third-order valence-electron chi connectivity index (χ3n) is 2.96. The van der Waals surface area contributed by atoms with E-state index in [0.717, 1.165) is 11.1 Å². The van der Waals surface area contributed by atoms with Gasteiger partial charge in [-0.3, -0.25) is 0 Å². The molecule has 3 rings (SSSR count). The van der Waals surface area contributed by atoms with Gasteiger partial charge in [-0.15, -0.1) is 0 Å². The Labute approximate surface area is 110 Å². The Morgan fingerprint density at radius 2 is 1.84 bits per heavy atom. The molecule has 1 aromatic heterocycles. The highest BCUT2D eigenvalue weighted by Crippen LogP contribution is 2.22. The fraction of sp³-hybridized carbons (Fsp3) is 0.0667. The van der Waals surface area contributed by atoms with Gasteiger partial charge in [0.15, 0.2) is 0 Å². The Hall–Kier alpha value is -2.33. The standard InChI is InChI=1S/C15H13FN2O/c16-14-6-7-15-12(8-9-19-15)13(14)10-17-18-11-4-2-1-3-5-11/h1-9,17-18H,10H2. The van der Waals surface area contributed by atoms with Crippen molar-refractivity contribution in [1.29, 1.82) is 0 Å². The molecule has 0 aliphatic heterocycles. The van der Waals surface area contributed by atoms with Crippen molar-refractivity contribution in [3.8, 4) is 0 Å². The third-order valence-corrected chi connectivity index (χ3v) is 2.96. The van der Waals surface area contributed by atoms with Crippen LogP contribution >= 0.6 is 0 Å². The number of furan rings is 1. The number of rotatable bonds is 4. The lowest BCUT2D eigenvalue weighted by molar-refractivity contribution is 0.596. The first-order valence-corrected chi connectivity index (χ1v) is 6.03. The molecular formula is C15H13FN2O. The topological polar surface area (TPSA) is 37.2 Å². The Kier molecular flexibility index (Phi) is 3.16. The molecule has 0 amide bonds. The lowest BCUT2D eigenvalue weighted by atomic mass is 10.1. The van der Waals surface area contributed by atoms with E-state index in [0.29, 0.717) is 17.7 Å². The minimum Gasteiger partial charge on any atom is -0.464 e. The van der Waals surface area contributed by atoms with Gasteiger partial charge in [0, 0.05) is 23.2 Å². The molecule has 0 bridgehead atoms. The number of para-hydroxylation sites is 1. The molecule has 0 fully saturated rings. The van der Waals surface area contributed by atoms with E-state index in [1.54, 1.807) is 18.4 Å². The molecule has 0 saturated heterocycles. The second-order valence-electron chi connectivity index (χ2n) is 4.20. The largest absolute Gasteiger partial charge is 0.464 e. The minimum absolute atomic E-state index is 0.240. The molecule has 0 saturated carbocycles. The van der Waals surface area contributed by atoms with Gasteiger partial charge in [-0.25, -0.2) is 9.82 Å². The van der Waals surface area contributed by atoms with Crippen LogP contribution in [-0.4, -0.2) is 0 Å². The number of hydrazine groups is 1. The van der Waals surface area contributed by atoms with Gasteiger partial charge in [0.1, 0.15) is 11.4 Å². The summed E-state index contributed by atoms with van der Waals surface area (Å²) in [5.74, 6) is -0.240. The van der Waals surface area contributed by atoms with Crippen LogP contribution < -0.4 is 10.9 Å². The zero-order valence-electron chi connectivity index (χ0n) is 10.2. The summed E-state index contributed by atoms with van der Waals surface area (Å²) >= 11 is 0. The van der Waals surface area contributed by atoms with Crippen molar-refractivity contribution in [2.45, 2.75) is 6.54 Å². The SMILES string of the molecule is Fc1ccc2occc2c1CNNc1ccccc1. The van der Waals surface area contributed by atoms with E-state index < -0.39 is 0 Å². The van der Waals surface area contributed by atoms with Crippen molar-refractivity contribution >= 4 is 16.7 Å². The predicted octanol–water partition coefficient (Wildman–Crippen LogP) is 3.69. The second-order valence-corrected chi connectivity index (χ2v) is 4.20. The van der Waals surface area contributed by atoms with Crippen LogP contribution in [0.25, 0.3) is 11.0 Å². The van der Waals surface area contributed by atoms with Gasteiger partial charge in [0.2, 0.25) is 0 Å². The van der Waals surface area contributed by atoms with Crippen LogP contribution in [0.4, 0.5) is 10.1 Å². The first-order chi connectivity index (χ1) is 9.34. The maximum Gasteiger partial charge on any atom is 0.134 e. The molecule has 19 heavy (non-hydrogen) atoms. The molecule has 0 aliphatic carbocycles. The van der Waals surface area contributed by atoms with Crippen LogP contribution in [0, 0.1) is 5.82 Å². The first-order valence-electron chi connectivity index (χ1n) is 6.03. The summed E-state index contributed by atoms with van der Waals surface area (Å²) in [5.41, 5.74) is 8.26. The Bertz CT molecular complexity index is 679. The smallest absolute Gasteiger partial charge is 0.134 e. The zero-order valence-corrected chi connectivity index (χ0v) is 10.2. The molecule has 0 radical (unpaired) electrons. The highest BCUT2D eigenvalue weighted by molar-refractivity contribution is 5.81. The van der Waals surface area contributed by atoms with Crippen molar-refractivity contribution < 1.29 is 8.81 Å². The molecule has 4 heteroatoms. The zero-order chi connectivity index (χ0) is 13.1. The van der Waals surface area contributed by atoms with Gasteiger partial charge in [-0.2, -0.15) is 0 Å². The molecule has 2 aromatic carbocycles. The minimum atomic E-state index is -0.240. The van der Waals surface area contributed by atoms with Crippen molar-refractivity contribution in [1.82, 2.24) is 5.43 Å². The average Bonchev–Trinajstić information content (AvgIpc) is 2.91. The van der Waals surface area contributed by atoms with Crippen LogP contribution in [0.2, 0.25) is 0 Å². The number of hydrogen-bond donors (Lipinski definition) is 2. The van der Waals surface area contributed by atoms with Crippen molar-refractivity contribution in [2.75, 3.05) is 5.43 Å². The van der Waals surface area contributed by atoms with E-state index in [-0.39, 0.29) is 5.82 Å². The Morgan fingerprint density at radius 3 is 2.68 bits per heavy atom. The van der Waals surface area contributed by atoms with E-state index in [2.05, 4.69) is 10.9 Å². The summed E-state index contributed by atoms with van der Waals surface area (Å²) in [5, 5.41) is 0.794. The van der Waals surface area contributed by atoms with Crippen LogP contribution in [0.3, 0.4) is 0 Å². The van der Waals surface area contributed by atoms with Gasteiger partial charge in [-0.05, 0) is 30.3 Å². The van der Waals surface area contributed by atoms with Crippen molar-refractivity contribution in [3.63, 3.8) is 0 Å². The molecule has 1 heterocycles. The van der Waals surface area contributed by atoms with Gasteiger partial charge in [0.25, 0.3) is 0 Å². The molecular weight excluding hydrogens is 243 g/mol. The summed E-state index contributed by atoms with van der Waals surface area (Å²) < 4.78 is 19.1. The average molecular weight is 256 g/mol. The first kappa shape index (κ1) is 11.7. The normalized spacial score (nSPS) is 10.8. The number of anilines is 1. The van der Waals surface area contributed by atoms with E-state index in [9.17, 15) is 4.39 Å². The van der Waals surface area contributed by atoms with Crippen LogP contribution in [0.15, 0.2) is 59.2 Å². The fourth-order valence-electron chi connectivity index (χ4n) is 2.01. The maximum atomic E-state index is 13.8. The van der Waals surface area contributed by atoms with E-state index in [4.69, 9.17) is 4.42 Å². The fourth-order valence-corrected chi connectivity index (χ4v) is 2.01. The molecule has 2 N–H and O–H groups in total. The number of hydrogen-bond acceptors (Lipinski definition) is 3.